The standard InChI is InChI=1S/C22H21ClN4O3/c1-12(25-18-6-5-15(10-24)27(2)22(18)29)16-7-14-8-17(23)20(30-11-13-3-4-13)9-19(14)26-21(16)28/h5-9,12-13,25H,3-4,11H2,1-2H3,(H,26,28)/t12-/m0/s1. The number of anilines is 1. The van der Waals surface area contributed by atoms with E-state index in [2.05, 4.69) is 10.3 Å². The van der Waals surface area contributed by atoms with Crippen LogP contribution in [0, 0.1) is 17.2 Å². The minimum atomic E-state index is -0.441. The van der Waals surface area contributed by atoms with Crippen LogP contribution in [-0.4, -0.2) is 16.2 Å². The van der Waals surface area contributed by atoms with Gasteiger partial charge in [0.1, 0.15) is 23.2 Å². The molecule has 7 nitrogen and oxygen atoms in total. The lowest BCUT2D eigenvalue weighted by atomic mass is 10.1. The highest BCUT2D eigenvalue weighted by molar-refractivity contribution is 6.32. The smallest absolute Gasteiger partial charge is 0.274 e. The van der Waals surface area contributed by atoms with Crippen molar-refractivity contribution in [3.63, 3.8) is 0 Å². The summed E-state index contributed by atoms with van der Waals surface area (Å²) >= 11 is 6.37. The number of aromatic nitrogens is 2. The first-order valence-corrected chi connectivity index (χ1v) is 10.1. The Bertz CT molecular complexity index is 1280. The van der Waals surface area contributed by atoms with Crippen LogP contribution in [0.4, 0.5) is 5.69 Å². The summed E-state index contributed by atoms with van der Waals surface area (Å²) in [5, 5.41) is 13.4. The van der Waals surface area contributed by atoms with Gasteiger partial charge in [-0.05, 0) is 49.9 Å². The van der Waals surface area contributed by atoms with Crippen LogP contribution in [0.15, 0.2) is 39.9 Å². The first kappa shape index (κ1) is 20.0. The molecule has 2 heterocycles. The average molecular weight is 425 g/mol. The van der Waals surface area contributed by atoms with Gasteiger partial charge in [-0.25, -0.2) is 0 Å². The number of ether oxygens (including phenoxy) is 1. The summed E-state index contributed by atoms with van der Waals surface area (Å²) in [6, 6.07) is 9.91. The molecule has 154 valence electrons. The highest BCUT2D eigenvalue weighted by atomic mass is 35.5. The Morgan fingerprint density at radius 1 is 1.33 bits per heavy atom. The predicted octanol–water partition coefficient (Wildman–Crippen LogP) is 3.71. The summed E-state index contributed by atoms with van der Waals surface area (Å²) in [6.07, 6.45) is 2.36. The van der Waals surface area contributed by atoms with Gasteiger partial charge < -0.3 is 19.6 Å². The van der Waals surface area contributed by atoms with Gasteiger partial charge in [0.25, 0.3) is 11.1 Å². The Morgan fingerprint density at radius 2 is 2.10 bits per heavy atom. The molecular weight excluding hydrogens is 404 g/mol. The highest BCUT2D eigenvalue weighted by Gasteiger charge is 2.22. The fraction of sp³-hybridized carbons (Fsp3) is 0.318. The van der Waals surface area contributed by atoms with Crippen LogP contribution in [0.25, 0.3) is 10.9 Å². The van der Waals surface area contributed by atoms with Crippen molar-refractivity contribution in [1.29, 1.82) is 5.26 Å². The number of aromatic amines is 1. The van der Waals surface area contributed by atoms with Crippen molar-refractivity contribution in [2.24, 2.45) is 13.0 Å². The number of benzene rings is 1. The van der Waals surface area contributed by atoms with Crippen molar-refractivity contribution in [3.8, 4) is 11.8 Å². The molecule has 8 heteroatoms. The Kier molecular flexibility index (Phi) is 5.27. The summed E-state index contributed by atoms with van der Waals surface area (Å²) < 4.78 is 7.05. The molecule has 0 bridgehead atoms. The normalized spacial score (nSPS) is 14.3. The van der Waals surface area contributed by atoms with Gasteiger partial charge in [0.2, 0.25) is 0 Å². The quantitative estimate of drug-likeness (QED) is 0.628. The highest BCUT2D eigenvalue weighted by Crippen LogP contribution is 2.33. The first-order chi connectivity index (χ1) is 14.4. The molecule has 1 aromatic carbocycles. The lowest BCUT2D eigenvalue weighted by Crippen LogP contribution is -2.26. The van der Waals surface area contributed by atoms with E-state index in [0.717, 1.165) is 5.39 Å². The van der Waals surface area contributed by atoms with E-state index in [0.29, 0.717) is 40.1 Å². The van der Waals surface area contributed by atoms with Gasteiger partial charge in [-0.1, -0.05) is 11.6 Å². The largest absolute Gasteiger partial charge is 0.492 e. The van der Waals surface area contributed by atoms with Crippen molar-refractivity contribution in [2.45, 2.75) is 25.8 Å². The fourth-order valence-corrected chi connectivity index (χ4v) is 3.54. The predicted molar refractivity (Wildman–Crippen MR) is 116 cm³/mol. The Balaban J connectivity index is 1.63. The van der Waals surface area contributed by atoms with E-state index in [4.69, 9.17) is 21.6 Å². The van der Waals surface area contributed by atoms with Gasteiger partial charge in [0.05, 0.1) is 23.2 Å². The van der Waals surface area contributed by atoms with Crippen LogP contribution < -0.4 is 21.2 Å². The Hall–Kier alpha value is -3.24. The maximum Gasteiger partial charge on any atom is 0.274 e. The zero-order valence-corrected chi connectivity index (χ0v) is 17.4. The lowest BCUT2D eigenvalue weighted by molar-refractivity contribution is 0.300. The number of halogens is 1. The topological polar surface area (TPSA) is 99.9 Å². The van der Waals surface area contributed by atoms with Crippen molar-refractivity contribution in [1.82, 2.24) is 9.55 Å². The van der Waals surface area contributed by atoms with Gasteiger partial charge in [-0.15, -0.1) is 0 Å². The summed E-state index contributed by atoms with van der Waals surface area (Å²) in [4.78, 5) is 28.0. The maximum absolute atomic E-state index is 12.7. The van der Waals surface area contributed by atoms with Crippen LogP contribution in [0.3, 0.4) is 0 Å². The molecule has 1 aliphatic carbocycles. The van der Waals surface area contributed by atoms with Gasteiger partial charge in [-0.2, -0.15) is 5.26 Å². The van der Waals surface area contributed by atoms with E-state index < -0.39 is 6.04 Å². The van der Waals surface area contributed by atoms with Crippen molar-refractivity contribution < 1.29 is 4.74 Å². The van der Waals surface area contributed by atoms with Gasteiger partial charge >= 0.3 is 0 Å². The number of hydrogen-bond donors (Lipinski definition) is 2. The van der Waals surface area contributed by atoms with Crippen molar-refractivity contribution in [3.05, 3.63) is 67.3 Å². The molecule has 0 aliphatic heterocycles. The van der Waals surface area contributed by atoms with Crippen LogP contribution in [0.2, 0.25) is 5.02 Å². The third-order valence-corrected chi connectivity index (χ3v) is 5.65. The Morgan fingerprint density at radius 3 is 2.80 bits per heavy atom. The zero-order valence-electron chi connectivity index (χ0n) is 16.7. The molecule has 1 saturated carbocycles. The molecule has 1 fully saturated rings. The molecule has 4 rings (SSSR count). The summed E-state index contributed by atoms with van der Waals surface area (Å²) in [5.41, 5.74) is 1.08. The van der Waals surface area contributed by atoms with Gasteiger partial charge in [-0.3, -0.25) is 9.59 Å². The molecule has 0 saturated heterocycles. The number of nitrogens with zero attached hydrogens (tertiary/aromatic N) is 2. The van der Waals surface area contributed by atoms with Gasteiger partial charge in [0, 0.05) is 24.1 Å². The van der Waals surface area contributed by atoms with E-state index in [1.807, 2.05) is 6.07 Å². The number of nitriles is 1. The van der Waals surface area contributed by atoms with E-state index in [9.17, 15) is 9.59 Å². The summed E-state index contributed by atoms with van der Waals surface area (Å²) in [5.74, 6) is 1.16. The second-order valence-electron chi connectivity index (χ2n) is 7.65. The number of hydrogen-bond acceptors (Lipinski definition) is 5. The third-order valence-electron chi connectivity index (χ3n) is 5.35. The fourth-order valence-electron chi connectivity index (χ4n) is 3.32. The molecule has 0 unspecified atom stereocenters. The van der Waals surface area contributed by atoms with Crippen LogP contribution in [0.5, 0.6) is 5.75 Å². The molecule has 1 atom stereocenters. The van der Waals surface area contributed by atoms with Crippen LogP contribution in [0.1, 0.15) is 37.1 Å². The second-order valence-corrected chi connectivity index (χ2v) is 8.06. The molecule has 3 aromatic rings. The SMILES string of the molecule is C[C@H](Nc1ccc(C#N)n(C)c1=O)c1cc2cc(Cl)c(OCC3CC3)cc2[nH]c1=O. The first-order valence-electron chi connectivity index (χ1n) is 9.73. The van der Waals surface area contributed by atoms with E-state index in [1.165, 1.54) is 24.5 Å². The third kappa shape index (κ3) is 3.91. The molecule has 2 N–H and O–H groups in total. The molecule has 0 spiro atoms. The van der Waals surface area contributed by atoms with E-state index in [-0.39, 0.29) is 16.8 Å². The van der Waals surface area contributed by atoms with Crippen molar-refractivity contribution >= 4 is 28.2 Å². The molecule has 2 aromatic heterocycles. The number of fused-ring (bicyclic) bond motifs is 1. The number of pyridine rings is 2. The van der Waals surface area contributed by atoms with E-state index >= 15 is 0 Å². The number of rotatable bonds is 6. The number of H-pyrrole nitrogens is 1. The van der Waals surface area contributed by atoms with Crippen LogP contribution >= 0.6 is 11.6 Å². The number of nitrogens with one attached hydrogen (secondary N) is 2. The molecule has 0 amide bonds. The molecular formula is C22H21ClN4O3. The van der Waals surface area contributed by atoms with E-state index in [1.54, 1.807) is 37.3 Å². The Labute approximate surface area is 177 Å². The monoisotopic (exact) mass is 424 g/mol. The second kappa shape index (κ2) is 7.88. The summed E-state index contributed by atoms with van der Waals surface area (Å²) in [6.45, 7) is 2.43. The molecule has 1 aliphatic rings. The lowest BCUT2D eigenvalue weighted by Gasteiger charge is -2.16. The zero-order chi connectivity index (χ0) is 21.4. The maximum atomic E-state index is 12.7. The van der Waals surface area contributed by atoms with Crippen molar-refractivity contribution in [2.75, 3.05) is 11.9 Å². The summed E-state index contributed by atoms with van der Waals surface area (Å²) in [7, 11) is 1.53. The molecule has 0 radical (unpaired) electrons. The average Bonchev–Trinajstić information content (AvgIpc) is 3.54. The minimum Gasteiger partial charge on any atom is -0.492 e. The molecule has 30 heavy (non-hydrogen) atoms. The van der Waals surface area contributed by atoms with Gasteiger partial charge in [0.15, 0.2) is 0 Å². The van der Waals surface area contributed by atoms with Crippen LogP contribution in [-0.2, 0) is 7.05 Å². The minimum absolute atomic E-state index is 0.260.